The minimum Gasteiger partial charge on any atom is -0.437 e. The largest absolute Gasteiger partial charge is 0.437 e. The van der Waals surface area contributed by atoms with E-state index < -0.39 is 0 Å². The van der Waals surface area contributed by atoms with Crippen molar-refractivity contribution in [1.82, 2.24) is 9.97 Å². The Morgan fingerprint density at radius 1 is 1.33 bits per heavy atom. The van der Waals surface area contributed by atoms with Gasteiger partial charge in [-0.15, -0.1) is 0 Å². The topological polar surface area (TPSA) is 64.1 Å². The third-order valence-corrected chi connectivity index (χ3v) is 3.24. The van der Waals surface area contributed by atoms with Gasteiger partial charge in [0, 0.05) is 18.9 Å². The number of hydrogen-bond donors (Lipinski definition) is 1. The van der Waals surface area contributed by atoms with E-state index in [1.54, 1.807) is 18.2 Å². The Balaban J connectivity index is 1.88. The van der Waals surface area contributed by atoms with Crippen LogP contribution in [0.25, 0.3) is 0 Å². The minimum atomic E-state index is -0.162. The number of benzene rings is 1. The molecule has 0 bridgehead atoms. The molecule has 0 spiro atoms. The number of nitrogens with zero attached hydrogens (tertiary/aromatic N) is 2. The number of carbonyl (C=O) groups excluding carboxylic acids is 1. The van der Waals surface area contributed by atoms with Crippen LogP contribution in [0, 0.1) is 0 Å². The molecule has 1 N–H and O–H groups in total. The number of ether oxygens (including phenoxy) is 1. The van der Waals surface area contributed by atoms with Crippen LogP contribution in [0.3, 0.4) is 0 Å². The SMILES string of the molecule is CC(=O)Nc1ccccc1Oc1cc(Cl)nc(C2CC2)n1. The molecule has 0 aliphatic heterocycles. The second kappa shape index (κ2) is 5.69. The van der Waals surface area contributed by atoms with Crippen molar-refractivity contribution in [3.05, 3.63) is 41.3 Å². The van der Waals surface area contributed by atoms with Gasteiger partial charge in [0.05, 0.1) is 5.69 Å². The molecule has 6 heteroatoms. The summed E-state index contributed by atoms with van der Waals surface area (Å²) in [5.74, 6) is 1.84. The van der Waals surface area contributed by atoms with Gasteiger partial charge >= 0.3 is 0 Å². The van der Waals surface area contributed by atoms with Gasteiger partial charge in [-0.25, -0.2) is 4.98 Å². The zero-order chi connectivity index (χ0) is 14.8. The summed E-state index contributed by atoms with van der Waals surface area (Å²) >= 11 is 6.01. The van der Waals surface area contributed by atoms with Gasteiger partial charge in [0.1, 0.15) is 11.0 Å². The number of nitrogens with one attached hydrogen (secondary N) is 1. The molecule has 1 aromatic carbocycles. The van der Waals surface area contributed by atoms with Gasteiger partial charge in [-0.2, -0.15) is 4.98 Å². The highest BCUT2D eigenvalue weighted by atomic mass is 35.5. The van der Waals surface area contributed by atoms with Gasteiger partial charge in [0.15, 0.2) is 5.75 Å². The summed E-state index contributed by atoms with van der Waals surface area (Å²) in [6.07, 6.45) is 2.17. The predicted octanol–water partition coefficient (Wildman–Crippen LogP) is 3.76. The summed E-state index contributed by atoms with van der Waals surface area (Å²) in [6, 6.07) is 8.74. The van der Waals surface area contributed by atoms with E-state index in [9.17, 15) is 4.79 Å². The Bertz CT molecular complexity index is 686. The summed E-state index contributed by atoms with van der Waals surface area (Å²) in [4.78, 5) is 19.8. The second-order valence-electron chi connectivity index (χ2n) is 4.94. The number of para-hydroxylation sites is 2. The Morgan fingerprint density at radius 2 is 2.10 bits per heavy atom. The van der Waals surface area contributed by atoms with Crippen LogP contribution in [0.5, 0.6) is 11.6 Å². The third kappa shape index (κ3) is 3.49. The quantitative estimate of drug-likeness (QED) is 0.874. The summed E-state index contributed by atoms with van der Waals surface area (Å²) in [7, 11) is 0. The summed E-state index contributed by atoms with van der Waals surface area (Å²) < 4.78 is 5.76. The molecule has 0 atom stereocenters. The zero-order valence-electron chi connectivity index (χ0n) is 11.5. The second-order valence-corrected chi connectivity index (χ2v) is 5.33. The lowest BCUT2D eigenvalue weighted by molar-refractivity contribution is -0.114. The van der Waals surface area contributed by atoms with E-state index in [0.717, 1.165) is 18.7 Å². The fourth-order valence-corrected chi connectivity index (χ4v) is 2.13. The average Bonchev–Trinajstić information content (AvgIpc) is 3.24. The number of aromatic nitrogens is 2. The Hall–Kier alpha value is -2.14. The van der Waals surface area contributed by atoms with Crippen molar-refractivity contribution in [3.63, 3.8) is 0 Å². The molecule has 3 rings (SSSR count). The maximum Gasteiger partial charge on any atom is 0.224 e. The van der Waals surface area contributed by atoms with Crippen LogP contribution in [0.2, 0.25) is 5.15 Å². The van der Waals surface area contributed by atoms with Crippen molar-refractivity contribution in [2.75, 3.05) is 5.32 Å². The van der Waals surface area contributed by atoms with E-state index in [2.05, 4.69) is 15.3 Å². The maximum atomic E-state index is 11.2. The predicted molar refractivity (Wildman–Crippen MR) is 79.8 cm³/mol. The van der Waals surface area contributed by atoms with Gasteiger partial charge in [0.25, 0.3) is 0 Å². The van der Waals surface area contributed by atoms with Crippen molar-refractivity contribution in [2.24, 2.45) is 0 Å². The van der Waals surface area contributed by atoms with Gasteiger partial charge < -0.3 is 10.1 Å². The zero-order valence-corrected chi connectivity index (χ0v) is 12.2. The Labute approximate surface area is 127 Å². The number of halogens is 1. The highest BCUT2D eigenvalue weighted by Gasteiger charge is 2.27. The fraction of sp³-hybridized carbons (Fsp3) is 0.267. The van der Waals surface area contributed by atoms with Crippen LogP contribution in [-0.4, -0.2) is 15.9 Å². The summed E-state index contributed by atoms with van der Waals surface area (Å²) in [6.45, 7) is 1.45. The van der Waals surface area contributed by atoms with Crippen molar-refractivity contribution in [3.8, 4) is 11.6 Å². The molecule has 1 aliphatic rings. The molecule has 0 unspecified atom stereocenters. The van der Waals surface area contributed by atoms with Gasteiger partial charge in [0.2, 0.25) is 11.8 Å². The van der Waals surface area contributed by atoms with Crippen LogP contribution < -0.4 is 10.1 Å². The van der Waals surface area contributed by atoms with Crippen LogP contribution in [0.4, 0.5) is 5.69 Å². The van der Waals surface area contributed by atoms with Crippen LogP contribution >= 0.6 is 11.6 Å². The molecule has 21 heavy (non-hydrogen) atoms. The summed E-state index contributed by atoms with van der Waals surface area (Å²) in [5.41, 5.74) is 0.590. The molecular weight excluding hydrogens is 290 g/mol. The van der Waals surface area contributed by atoms with E-state index in [0.29, 0.717) is 28.4 Å². The summed E-state index contributed by atoms with van der Waals surface area (Å²) in [5, 5.41) is 3.08. The molecule has 1 amide bonds. The molecule has 0 saturated heterocycles. The van der Waals surface area contributed by atoms with E-state index in [1.165, 1.54) is 6.92 Å². The Morgan fingerprint density at radius 3 is 2.81 bits per heavy atom. The molecule has 1 heterocycles. The van der Waals surface area contributed by atoms with Crippen LogP contribution in [0.1, 0.15) is 31.5 Å². The fourth-order valence-electron chi connectivity index (χ4n) is 1.95. The molecule has 0 radical (unpaired) electrons. The van der Waals surface area contributed by atoms with E-state index >= 15 is 0 Å². The molecule has 1 fully saturated rings. The Kier molecular flexibility index (Phi) is 3.75. The first-order chi connectivity index (χ1) is 10.1. The first-order valence-corrected chi connectivity index (χ1v) is 7.08. The third-order valence-electron chi connectivity index (χ3n) is 3.04. The van der Waals surface area contributed by atoms with Crippen LogP contribution in [-0.2, 0) is 4.79 Å². The standard InChI is InChI=1S/C15H14ClN3O2/c1-9(20)17-11-4-2-3-5-12(11)21-14-8-13(16)18-15(19-14)10-6-7-10/h2-5,8,10H,6-7H2,1H3,(H,17,20). The smallest absolute Gasteiger partial charge is 0.224 e. The van der Waals surface area contributed by atoms with Crippen molar-refractivity contribution < 1.29 is 9.53 Å². The van der Waals surface area contributed by atoms with Gasteiger partial charge in [-0.05, 0) is 25.0 Å². The lowest BCUT2D eigenvalue weighted by Gasteiger charge is -2.11. The number of hydrogen-bond acceptors (Lipinski definition) is 4. The minimum absolute atomic E-state index is 0.162. The number of anilines is 1. The van der Waals surface area contributed by atoms with Crippen LogP contribution in [0.15, 0.2) is 30.3 Å². The van der Waals surface area contributed by atoms with Crippen molar-refractivity contribution in [2.45, 2.75) is 25.7 Å². The first-order valence-electron chi connectivity index (χ1n) is 6.71. The maximum absolute atomic E-state index is 11.2. The van der Waals surface area contributed by atoms with Crippen molar-refractivity contribution >= 4 is 23.2 Å². The number of rotatable bonds is 4. The van der Waals surface area contributed by atoms with E-state index in [1.807, 2.05) is 12.1 Å². The molecule has 1 aliphatic carbocycles. The first kappa shape index (κ1) is 13.8. The number of carbonyl (C=O) groups is 1. The monoisotopic (exact) mass is 303 g/mol. The van der Waals surface area contributed by atoms with E-state index in [4.69, 9.17) is 16.3 Å². The lowest BCUT2D eigenvalue weighted by Crippen LogP contribution is -2.07. The molecule has 2 aromatic rings. The molecule has 5 nitrogen and oxygen atoms in total. The molecule has 1 saturated carbocycles. The molecular formula is C15H14ClN3O2. The highest BCUT2D eigenvalue weighted by molar-refractivity contribution is 6.29. The average molecular weight is 304 g/mol. The normalized spacial score (nSPS) is 13.8. The van der Waals surface area contributed by atoms with Gasteiger partial charge in [-0.3, -0.25) is 4.79 Å². The molecule has 108 valence electrons. The van der Waals surface area contributed by atoms with Gasteiger partial charge in [-0.1, -0.05) is 23.7 Å². The van der Waals surface area contributed by atoms with E-state index in [-0.39, 0.29) is 5.91 Å². The van der Waals surface area contributed by atoms with Crippen molar-refractivity contribution in [1.29, 1.82) is 0 Å². The highest BCUT2D eigenvalue weighted by Crippen LogP contribution is 2.39. The molecule has 1 aromatic heterocycles. The lowest BCUT2D eigenvalue weighted by atomic mass is 10.3. The number of amides is 1.